The van der Waals surface area contributed by atoms with Crippen LogP contribution < -0.4 is 14.2 Å². The Labute approximate surface area is 135 Å². The van der Waals surface area contributed by atoms with Crippen LogP contribution in [0.2, 0.25) is 0 Å². The highest BCUT2D eigenvalue weighted by Gasteiger charge is 2.27. The van der Waals surface area contributed by atoms with E-state index < -0.39 is 16.1 Å². The number of benzene rings is 1. The first-order valence-corrected chi connectivity index (χ1v) is 9.16. The van der Waals surface area contributed by atoms with Gasteiger partial charge in [-0.1, -0.05) is 0 Å². The minimum Gasteiger partial charge on any atom is -0.454 e. The minimum atomic E-state index is -3.80. The Hall–Kier alpha value is -1.80. The Morgan fingerprint density at radius 2 is 1.87 bits per heavy atom. The molecule has 2 heterocycles. The molecule has 2 aliphatic rings. The number of hydrogen-bond donors (Lipinski definition) is 1. The first kappa shape index (κ1) is 16.1. The summed E-state index contributed by atoms with van der Waals surface area (Å²) in [6.07, 6.45) is 3.04. The third-order valence-corrected chi connectivity index (χ3v) is 5.56. The predicted octanol–water partition coefficient (Wildman–Crippen LogP) is 1.09. The molecule has 0 aromatic heterocycles. The number of rotatable bonds is 4. The molecule has 1 amide bonds. The van der Waals surface area contributed by atoms with Gasteiger partial charge in [-0.25, -0.2) is 8.42 Å². The molecule has 0 bridgehead atoms. The average molecular weight is 340 g/mol. The minimum absolute atomic E-state index is 0.0556. The lowest BCUT2D eigenvalue weighted by atomic mass is 10.1. The molecule has 8 heteroatoms. The van der Waals surface area contributed by atoms with Crippen LogP contribution in [-0.4, -0.2) is 45.1 Å². The van der Waals surface area contributed by atoms with Crippen molar-refractivity contribution in [2.45, 2.75) is 37.1 Å². The Morgan fingerprint density at radius 1 is 1.17 bits per heavy atom. The van der Waals surface area contributed by atoms with Crippen LogP contribution >= 0.6 is 0 Å². The summed E-state index contributed by atoms with van der Waals surface area (Å²) in [5, 5.41) is 0. The lowest BCUT2D eigenvalue weighted by molar-refractivity contribution is -0.133. The number of piperidine rings is 1. The van der Waals surface area contributed by atoms with Crippen molar-refractivity contribution < 1.29 is 22.7 Å². The molecule has 0 unspecified atom stereocenters. The summed E-state index contributed by atoms with van der Waals surface area (Å²) in [6.45, 7) is 3.03. The number of hydrogen-bond acceptors (Lipinski definition) is 5. The van der Waals surface area contributed by atoms with Crippen molar-refractivity contribution in [2.24, 2.45) is 0 Å². The fraction of sp³-hybridized carbons (Fsp3) is 0.533. The van der Waals surface area contributed by atoms with E-state index in [0.29, 0.717) is 24.6 Å². The molecule has 0 spiro atoms. The highest BCUT2D eigenvalue weighted by atomic mass is 32.2. The molecular formula is C15H20N2O5S. The van der Waals surface area contributed by atoms with Gasteiger partial charge in [0.15, 0.2) is 11.5 Å². The lowest BCUT2D eigenvalue weighted by Crippen LogP contribution is -2.48. The third kappa shape index (κ3) is 3.42. The monoisotopic (exact) mass is 340 g/mol. The number of likely N-dealkylation sites (tertiary alicyclic amines) is 1. The molecule has 2 aliphatic heterocycles. The van der Waals surface area contributed by atoms with Crippen molar-refractivity contribution in [1.82, 2.24) is 9.62 Å². The zero-order valence-electron chi connectivity index (χ0n) is 12.9. The topological polar surface area (TPSA) is 84.9 Å². The number of fused-ring (bicyclic) bond motifs is 1. The van der Waals surface area contributed by atoms with Crippen LogP contribution in [0.1, 0.15) is 26.2 Å². The molecule has 3 rings (SSSR count). The summed E-state index contributed by atoms with van der Waals surface area (Å²) in [6, 6.07) is 3.59. The lowest BCUT2D eigenvalue weighted by Gasteiger charge is -2.29. The molecule has 0 radical (unpaired) electrons. The maximum absolute atomic E-state index is 12.5. The van der Waals surface area contributed by atoms with E-state index in [9.17, 15) is 13.2 Å². The number of ether oxygens (including phenoxy) is 2. The number of sulfonamides is 1. The van der Waals surface area contributed by atoms with Gasteiger partial charge in [0, 0.05) is 19.2 Å². The van der Waals surface area contributed by atoms with E-state index in [-0.39, 0.29) is 17.6 Å². The van der Waals surface area contributed by atoms with Crippen molar-refractivity contribution in [3.05, 3.63) is 18.2 Å². The Balaban J connectivity index is 1.71. The van der Waals surface area contributed by atoms with Gasteiger partial charge in [0.05, 0.1) is 10.9 Å². The first-order chi connectivity index (χ1) is 11.0. The molecule has 1 aromatic rings. The van der Waals surface area contributed by atoms with Crippen molar-refractivity contribution >= 4 is 15.9 Å². The van der Waals surface area contributed by atoms with Gasteiger partial charge in [0.2, 0.25) is 22.7 Å². The summed E-state index contributed by atoms with van der Waals surface area (Å²) >= 11 is 0. The maximum atomic E-state index is 12.5. The van der Waals surface area contributed by atoms with Crippen molar-refractivity contribution in [3.63, 3.8) is 0 Å². The molecule has 23 heavy (non-hydrogen) atoms. The summed E-state index contributed by atoms with van der Waals surface area (Å²) < 4.78 is 37.7. The number of amides is 1. The second-order valence-electron chi connectivity index (χ2n) is 5.74. The summed E-state index contributed by atoms with van der Waals surface area (Å²) in [5.74, 6) is 0.721. The van der Waals surface area contributed by atoms with Gasteiger partial charge >= 0.3 is 0 Å². The van der Waals surface area contributed by atoms with Gasteiger partial charge in [-0.2, -0.15) is 4.72 Å². The standard InChI is InChI=1S/C15H20N2O5S/c1-11(15(18)17-7-3-2-4-8-17)16-23(19,20)12-5-6-13-14(9-12)22-10-21-13/h5-6,9,11,16H,2-4,7-8,10H2,1H3/t11-/m1/s1. The SMILES string of the molecule is C[C@@H](NS(=O)(=O)c1ccc2c(c1)OCO2)C(=O)N1CCCCC1. The molecule has 1 atom stereocenters. The van der Waals surface area contributed by atoms with E-state index in [1.165, 1.54) is 12.1 Å². The quantitative estimate of drug-likeness (QED) is 0.887. The van der Waals surface area contributed by atoms with Crippen LogP contribution in [0.15, 0.2) is 23.1 Å². The average Bonchev–Trinajstić information content (AvgIpc) is 3.02. The fourth-order valence-corrected chi connectivity index (χ4v) is 4.00. The smallest absolute Gasteiger partial charge is 0.241 e. The largest absolute Gasteiger partial charge is 0.454 e. The Bertz CT molecular complexity index is 698. The Morgan fingerprint density at radius 3 is 2.61 bits per heavy atom. The third-order valence-electron chi connectivity index (χ3n) is 4.02. The second-order valence-corrected chi connectivity index (χ2v) is 7.46. The van der Waals surface area contributed by atoms with E-state index in [1.54, 1.807) is 17.9 Å². The van der Waals surface area contributed by atoms with Gasteiger partial charge in [0.25, 0.3) is 0 Å². The normalized spacial score (nSPS) is 18.7. The molecular weight excluding hydrogens is 320 g/mol. The van der Waals surface area contributed by atoms with Crippen LogP contribution in [0.5, 0.6) is 11.5 Å². The van der Waals surface area contributed by atoms with Gasteiger partial charge in [-0.3, -0.25) is 4.79 Å². The highest BCUT2D eigenvalue weighted by Crippen LogP contribution is 2.33. The molecule has 1 fully saturated rings. The Kier molecular flexibility index (Phi) is 4.45. The van der Waals surface area contributed by atoms with E-state index in [4.69, 9.17) is 9.47 Å². The zero-order chi connectivity index (χ0) is 16.4. The molecule has 0 aliphatic carbocycles. The summed E-state index contributed by atoms with van der Waals surface area (Å²) in [4.78, 5) is 14.1. The van der Waals surface area contributed by atoms with Gasteiger partial charge in [-0.05, 0) is 38.3 Å². The first-order valence-electron chi connectivity index (χ1n) is 7.68. The maximum Gasteiger partial charge on any atom is 0.241 e. The van der Waals surface area contributed by atoms with Crippen molar-refractivity contribution in [1.29, 1.82) is 0 Å². The van der Waals surface area contributed by atoms with Crippen LogP contribution in [0.4, 0.5) is 0 Å². The molecule has 1 aromatic carbocycles. The fourth-order valence-electron chi connectivity index (χ4n) is 2.78. The number of carbonyl (C=O) groups is 1. The van der Waals surface area contributed by atoms with Crippen LogP contribution in [0.25, 0.3) is 0 Å². The van der Waals surface area contributed by atoms with E-state index in [1.807, 2.05) is 0 Å². The van der Waals surface area contributed by atoms with Crippen LogP contribution in [0.3, 0.4) is 0 Å². The summed E-state index contributed by atoms with van der Waals surface area (Å²) in [7, 11) is -3.80. The van der Waals surface area contributed by atoms with Gasteiger partial charge in [-0.15, -0.1) is 0 Å². The molecule has 0 saturated carbocycles. The second kappa shape index (κ2) is 6.37. The number of carbonyl (C=O) groups excluding carboxylic acids is 1. The molecule has 1 saturated heterocycles. The highest BCUT2D eigenvalue weighted by molar-refractivity contribution is 7.89. The van der Waals surface area contributed by atoms with E-state index >= 15 is 0 Å². The molecule has 126 valence electrons. The van der Waals surface area contributed by atoms with Gasteiger partial charge in [0.1, 0.15) is 0 Å². The molecule has 7 nitrogen and oxygen atoms in total. The van der Waals surface area contributed by atoms with E-state index in [2.05, 4.69) is 4.72 Å². The predicted molar refractivity (Wildman–Crippen MR) is 82.8 cm³/mol. The zero-order valence-corrected chi connectivity index (χ0v) is 13.8. The van der Waals surface area contributed by atoms with Gasteiger partial charge < -0.3 is 14.4 Å². The van der Waals surface area contributed by atoms with Crippen LogP contribution in [0, 0.1) is 0 Å². The number of nitrogens with one attached hydrogen (secondary N) is 1. The van der Waals surface area contributed by atoms with E-state index in [0.717, 1.165) is 19.3 Å². The van der Waals surface area contributed by atoms with Crippen LogP contribution in [-0.2, 0) is 14.8 Å². The number of nitrogens with zero attached hydrogens (tertiary/aromatic N) is 1. The van der Waals surface area contributed by atoms with Crippen molar-refractivity contribution in [2.75, 3.05) is 19.9 Å². The summed E-state index contributed by atoms with van der Waals surface area (Å²) in [5.41, 5.74) is 0. The van der Waals surface area contributed by atoms with Crippen molar-refractivity contribution in [3.8, 4) is 11.5 Å². The molecule has 1 N–H and O–H groups in total.